The summed E-state index contributed by atoms with van der Waals surface area (Å²) in [6.07, 6.45) is -0.185. The van der Waals surface area contributed by atoms with Crippen LogP contribution in [0.25, 0.3) is 0 Å². The number of nitrogens with one attached hydrogen (secondary N) is 1. The molecule has 1 saturated heterocycles. The molecule has 1 amide bonds. The Kier molecular flexibility index (Phi) is 7.80. The molecule has 0 radical (unpaired) electrons. The second kappa shape index (κ2) is 11.2. The summed E-state index contributed by atoms with van der Waals surface area (Å²) in [5.41, 5.74) is 3.71. The van der Waals surface area contributed by atoms with Gasteiger partial charge in [0, 0.05) is 30.3 Å². The van der Waals surface area contributed by atoms with Crippen molar-refractivity contribution in [1.29, 1.82) is 10.5 Å². The van der Waals surface area contributed by atoms with E-state index in [-0.39, 0.29) is 24.1 Å². The van der Waals surface area contributed by atoms with E-state index in [1.54, 1.807) is 24.3 Å². The highest BCUT2D eigenvalue weighted by molar-refractivity contribution is 6.30. The largest absolute Gasteiger partial charge is 0.375 e. The van der Waals surface area contributed by atoms with Crippen molar-refractivity contribution in [3.8, 4) is 12.1 Å². The molecule has 3 atom stereocenters. The predicted molar refractivity (Wildman–Crippen MR) is 134 cm³/mol. The molecule has 7 heteroatoms. The molecule has 0 bridgehead atoms. The highest BCUT2D eigenvalue weighted by Gasteiger charge is 2.38. The van der Waals surface area contributed by atoms with Crippen LogP contribution >= 0.6 is 11.6 Å². The van der Waals surface area contributed by atoms with Crippen molar-refractivity contribution in [2.45, 2.75) is 25.1 Å². The first-order valence-corrected chi connectivity index (χ1v) is 11.8. The number of nitrogens with zero attached hydrogens (tertiary/aromatic N) is 3. The molecule has 1 heterocycles. The van der Waals surface area contributed by atoms with Gasteiger partial charge in [0.15, 0.2) is 0 Å². The number of likely N-dealkylation sites (tertiary alicyclic amines) is 1. The van der Waals surface area contributed by atoms with E-state index in [1.165, 1.54) is 0 Å². The number of ether oxygens (including phenoxy) is 1. The smallest absolute Gasteiger partial charge is 0.251 e. The summed E-state index contributed by atoms with van der Waals surface area (Å²) in [4.78, 5) is 15.2. The number of halogens is 1. The Labute approximate surface area is 210 Å². The average Bonchev–Trinajstić information content (AvgIpc) is 3.27. The molecule has 176 valence electrons. The summed E-state index contributed by atoms with van der Waals surface area (Å²) in [6.45, 7) is 3.68. The zero-order valence-electron chi connectivity index (χ0n) is 19.3. The number of hydrogen-bond acceptors (Lipinski definition) is 5. The summed E-state index contributed by atoms with van der Waals surface area (Å²) in [5.74, 6) is -0.201. The van der Waals surface area contributed by atoms with Crippen LogP contribution in [0.2, 0.25) is 5.02 Å². The van der Waals surface area contributed by atoms with E-state index in [9.17, 15) is 10.1 Å². The highest BCUT2D eigenvalue weighted by Crippen LogP contribution is 2.33. The Bertz CT molecular complexity index is 1240. The molecule has 0 saturated carbocycles. The van der Waals surface area contributed by atoms with Gasteiger partial charge in [0.25, 0.3) is 5.91 Å². The maximum Gasteiger partial charge on any atom is 0.251 e. The zero-order chi connectivity index (χ0) is 24.8. The van der Waals surface area contributed by atoms with E-state index in [2.05, 4.69) is 22.4 Å². The Morgan fingerprint density at radius 1 is 0.971 bits per heavy atom. The van der Waals surface area contributed by atoms with Gasteiger partial charge in [0.1, 0.15) is 0 Å². The lowest BCUT2D eigenvalue weighted by molar-refractivity contribution is 0.0490. The number of hydrogen-bond donors (Lipinski definition) is 1. The number of carbonyl (C=O) groups is 1. The molecular formula is C28H25ClN4O2. The first kappa shape index (κ1) is 24.4. The maximum atomic E-state index is 13.0. The van der Waals surface area contributed by atoms with Crippen LogP contribution in [-0.4, -0.2) is 42.6 Å². The SMILES string of the molecule is CCO[C@H]1CN(C(c2ccc(Cl)cc2)c2ccc(C#N)cc2)C[C@@H]1NC(=O)c1ccc(C#N)cc1. The van der Waals surface area contributed by atoms with Crippen molar-refractivity contribution in [1.82, 2.24) is 10.2 Å². The molecule has 0 aliphatic carbocycles. The minimum absolute atomic E-state index is 0.0974. The standard InChI is InChI=1S/C28H25ClN4O2/c1-2-35-26-18-33(17-25(26)32-28(34)23-9-5-20(16-31)6-10-23)27(22-11-13-24(29)14-12-22)21-7-3-19(15-30)4-8-21/h3-14,25-27H,2,17-18H2,1H3,(H,32,34)/t25-,26-,27?/m0/s1. The Hall–Kier alpha value is -3.68. The van der Waals surface area contributed by atoms with Crippen LogP contribution < -0.4 is 5.32 Å². The summed E-state index contributed by atoms with van der Waals surface area (Å²) in [5, 5.41) is 22.0. The topological polar surface area (TPSA) is 89.2 Å². The van der Waals surface area contributed by atoms with Gasteiger partial charge in [0.05, 0.1) is 41.5 Å². The number of carbonyl (C=O) groups excluding carboxylic acids is 1. The van der Waals surface area contributed by atoms with Gasteiger partial charge in [-0.1, -0.05) is 35.9 Å². The molecule has 4 rings (SSSR count). The number of rotatable bonds is 7. The second-order valence-electron chi connectivity index (χ2n) is 8.40. The van der Waals surface area contributed by atoms with E-state index >= 15 is 0 Å². The van der Waals surface area contributed by atoms with Gasteiger partial charge in [0.2, 0.25) is 0 Å². The third-order valence-corrected chi connectivity index (χ3v) is 6.43. The van der Waals surface area contributed by atoms with Gasteiger partial charge in [-0.3, -0.25) is 9.69 Å². The average molecular weight is 485 g/mol. The van der Waals surface area contributed by atoms with Crippen LogP contribution in [0, 0.1) is 22.7 Å². The van der Waals surface area contributed by atoms with Crippen LogP contribution in [-0.2, 0) is 4.74 Å². The van der Waals surface area contributed by atoms with E-state index < -0.39 is 0 Å². The molecular weight excluding hydrogens is 460 g/mol. The van der Waals surface area contributed by atoms with Crippen molar-refractivity contribution in [3.05, 3.63) is 106 Å². The minimum Gasteiger partial charge on any atom is -0.375 e. The van der Waals surface area contributed by atoms with Crippen LogP contribution in [0.15, 0.2) is 72.8 Å². The summed E-state index contributed by atoms with van der Waals surface area (Å²) >= 11 is 6.15. The third kappa shape index (κ3) is 5.70. The molecule has 3 aromatic rings. The minimum atomic E-state index is -0.216. The molecule has 1 unspecified atom stereocenters. The fraction of sp³-hybridized carbons (Fsp3) is 0.250. The van der Waals surface area contributed by atoms with Gasteiger partial charge in [-0.15, -0.1) is 0 Å². The molecule has 3 aromatic carbocycles. The fourth-order valence-electron chi connectivity index (χ4n) is 4.48. The van der Waals surface area contributed by atoms with E-state index in [0.29, 0.717) is 41.4 Å². The molecule has 1 N–H and O–H groups in total. The first-order valence-electron chi connectivity index (χ1n) is 11.4. The summed E-state index contributed by atoms with van der Waals surface area (Å²) < 4.78 is 6.03. The van der Waals surface area contributed by atoms with Gasteiger partial charge >= 0.3 is 0 Å². The fourth-order valence-corrected chi connectivity index (χ4v) is 4.61. The van der Waals surface area contributed by atoms with Crippen molar-refractivity contribution in [2.75, 3.05) is 19.7 Å². The third-order valence-electron chi connectivity index (χ3n) is 6.17. The molecule has 35 heavy (non-hydrogen) atoms. The van der Waals surface area contributed by atoms with Crippen LogP contribution in [0.1, 0.15) is 45.6 Å². The monoisotopic (exact) mass is 484 g/mol. The zero-order valence-corrected chi connectivity index (χ0v) is 20.1. The van der Waals surface area contributed by atoms with Crippen molar-refractivity contribution in [3.63, 3.8) is 0 Å². The summed E-state index contributed by atoms with van der Waals surface area (Å²) in [6, 6.07) is 25.8. The highest BCUT2D eigenvalue weighted by atomic mass is 35.5. The predicted octanol–water partition coefficient (Wildman–Crippen LogP) is 4.69. The van der Waals surface area contributed by atoms with Gasteiger partial charge in [-0.2, -0.15) is 10.5 Å². The van der Waals surface area contributed by atoms with Gasteiger partial charge in [-0.25, -0.2) is 0 Å². The van der Waals surface area contributed by atoms with Crippen LogP contribution in [0.3, 0.4) is 0 Å². The molecule has 1 aliphatic rings. The van der Waals surface area contributed by atoms with E-state index in [4.69, 9.17) is 21.6 Å². The lowest BCUT2D eigenvalue weighted by Crippen LogP contribution is -2.44. The quantitative estimate of drug-likeness (QED) is 0.525. The molecule has 0 spiro atoms. The van der Waals surface area contributed by atoms with Crippen LogP contribution in [0.5, 0.6) is 0 Å². The maximum absolute atomic E-state index is 13.0. The Morgan fingerprint density at radius 3 is 2.06 bits per heavy atom. The lowest BCUT2D eigenvalue weighted by atomic mass is 9.96. The van der Waals surface area contributed by atoms with Crippen molar-refractivity contribution >= 4 is 17.5 Å². The van der Waals surface area contributed by atoms with Gasteiger partial charge < -0.3 is 10.1 Å². The molecule has 0 aromatic heterocycles. The Morgan fingerprint density at radius 2 is 1.51 bits per heavy atom. The molecule has 1 fully saturated rings. The van der Waals surface area contributed by atoms with Gasteiger partial charge in [-0.05, 0) is 66.6 Å². The molecule has 6 nitrogen and oxygen atoms in total. The van der Waals surface area contributed by atoms with E-state index in [0.717, 1.165) is 11.1 Å². The lowest BCUT2D eigenvalue weighted by Gasteiger charge is -2.29. The Balaban J connectivity index is 1.60. The number of benzene rings is 3. The van der Waals surface area contributed by atoms with Crippen LogP contribution in [0.4, 0.5) is 0 Å². The van der Waals surface area contributed by atoms with Crippen molar-refractivity contribution in [2.24, 2.45) is 0 Å². The van der Waals surface area contributed by atoms with E-state index in [1.807, 2.05) is 55.5 Å². The first-order chi connectivity index (χ1) is 17.0. The summed E-state index contributed by atoms with van der Waals surface area (Å²) in [7, 11) is 0. The second-order valence-corrected chi connectivity index (χ2v) is 8.84. The number of amides is 1. The molecule has 1 aliphatic heterocycles. The van der Waals surface area contributed by atoms with Crippen molar-refractivity contribution < 1.29 is 9.53 Å². The number of nitriles is 2. The normalized spacial score (nSPS) is 18.4.